The van der Waals surface area contributed by atoms with Gasteiger partial charge in [-0.3, -0.25) is 4.79 Å². The molecule has 1 fully saturated rings. The Morgan fingerprint density at radius 2 is 1.88 bits per heavy atom. The Morgan fingerprint density at radius 1 is 1.19 bits per heavy atom. The van der Waals surface area contributed by atoms with Crippen LogP contribution in [0, 0.1) is 5.92 Å². The van der Waals surface area contributed by atoms with Crippen molar-refractivity contribution in [3.63, 3.8) is 0 Å². The first kappa shape index (κ1) is 19.8. The monoisotopic (exact) mass is 359 g/mol. The van der Waals surface area contributed by atoms with E-state index in [1.54, 1.807) is 0 Å². The van der Waals surface area contributed by atoms with Crippen molar-refractivity contribution in [3.8, 4) is 0 Å². The van der Waals surface area contributed by atoms with Gasteiger partial charge in [-0.2, -0.15) is 0 Å². The fourth-order valence-electron chi connectivity index (χ4n) is 3.01. The van der Waals surface area contributed by atoms with Crippen LogP contribution in [0.1, 0.15) is 44.2 Å². The summed E-state index contributed by atoms with van der Waals surface area (Å²) >= 11 is 0. The molecule has 1 heterocycles. The van der Waals surface area contributed by atoms with Crippen LogP contribution < -0.4 is 15.5 Å². The van der Waals surface area contributed by atoms with Crippen LogP contribution in [0.5, 0.6) is 0 Å². The van der Waals surface area contributed by atoms with Crippen molar-refractivity contribution in [1.82, 2.24) is 10.6 Å². The molecular weight excluding hydrogens is 330 g/mol. The summed E-state index contributed by atoms with van der Waals surface area (Å²) in [5, 5.41) is 5.42. The Labute approximate surface area is 155 Å². The first-order valence-corrected chi connectivity index (χ1v) is 9.14. The minimum absolute atomic E-state index is 0.358. The topological polar surface area (TPSA) is 70.7 Å². The number of urea groups is 1. The van der Waals surface area contributed by atoms with Gasteiger partial charge in [-0.15, -0.1) is 0 Å². The number of carbonyl (C=O) groups excluding carboxylic acids is 2. The van der Waals surface area contributed by atoms with E-state index in [1.807, 2.05) is 43.3 Å². The number of anilines is 1. The molecule has 2 rings (SSSR count). The van der Waals surface area contributed by atoms with E-state index in [9.17, 15) is 9.59 Å². The first-order chi connectivity index (χ1) is 12.4. The number of nitrogens with one attached hydrogen (secondary N) is 2. The standard InChI is InChI=1S/C20H29N3O3/c1-5-6-7-8-13-26-19(24)17-14(2)21-20(25)22-18(17)15-9-11-16(12-10-15)23(3)4/h9-12,17-18H,2,5-8,13H2,1,3-4H3,(H2,21,22,25)/t17-,18+/m0/s1. The largest absolute Gasteiger partial charge is 0.465 e. The number of benzene rings is 1. The average Bonchev–Trinajstić information content (AvgIpc) is 2.60. The van der Waals surface area contributed by atoms with Crippen molar-refractivity contribution >= 4 is 17.7 Å². The summed E-state index contributed by atoms with van der Waals surface area (Å²) in [5.74, 6) is -1.01. The maximum atomic E-state index is 12.6. The lowest BCUT2D eigenvalue weighted by atomic mass is 9.89. The van der Waals surface area contributed by atoms with Crippen LogP contribution in [0.3, 0.4) is 0 Å². The van der Waals surface area contributed by atoms with Gasteiger partial charge < -0.3 is 20.3 Å². The summed E-state index contributed by atoms with van der Waals surface area (Å²) in [4.78, 5) is 26.5. The Morgan fingerprint density at radius 3 is 2.50 bits per heavy atom. The summed E-state index contributed by atoms with van der Waals surface area (Å²) in [6.45, 7) is 6.39. The van der Waals surface area contributed by atoms with Gasteiger partial charge in [-0.25, -0.2) is 4.79 Å². The van der Waals surface area contributed by atoms with Crippen LogP contribution in [-0.4, -0.2) is 32.7 Å². The Hall–Kier alpha value is -2.50. The highest BCUT2D eigenvalue weighted by Crippen LogP contribution is 2.31. The zero-order valence-electron chi connectivity index (χ0n) is 15.9. The molecule has 2 N–H and O–H groups in total. The summed E-state index contributed by atoms with van der Waals surface area (Å²) in [6, 6.07) is 6.90. The SMILES string of the molecule is C=C1NC(=O)N[C@H](c2ccc(N(C)C)cc2)[C@H]1C(=O)OCCCCCC. The van der Waals surface area contributed by atoms with Crippen molar-refractivity contribution in [2.75, 3.05) is 25.6 Å². The minimum Gasteiger partial charge on any atom is -0.465 e. The predicted octanol–water partition coefficient (Wildman–Crippen LogP) is 3.36. The van der Waals surface area contributed by atoms with Gasteiger partial charge in [0.2, 0.25) is 0 Å². The van der Waals surface area contributed by atoms with Gasteiger partial charge in [0.1, 0.15) is 5.92 Å². The van der Waals surface area contributed by atoms with Crippen LogP contribution in [-0.2, 0) is 9.53 Å². The van der Waals surface area contributed by atoms with E-state index in [2.05, 4.69) is 24.1 Å². The third kappa shape index (κ3) is 5.00. The third-order valence-electron chi connectivity index (χ3n) is 4.53. The lowest BCUT2D eigenvalue weighted by molar-refractivity contribution is -0.148. The molecule has 1 aliphatic heterocycles. The molecule has 1 aromatic rings. The molecule has 1 aliphatic rings. The Balaban J connectivity index is 2.11. The van der Waals surface area contributed by atoms with Crippen molar-refractivity contribution in [2.24, 2.45) is 5.92 Å². The summed E-state index contributed by atoms with van der Waals surface area (Å²) < 4.78 is 5.45. The summed E-state index contributed by atoms with van der Waals surface area (Å²) in [7, 11) is 3.92. The van der Waals surface area contributed by atoms with E-state index in [1.165, 1.54) is 0 Å². The third-order valence-corrected chi connectivity index (χ3v) is 4.53. The summed E-state index contributed by atoms with van der Waals surface area (Å²) in [5.41, 5.74) is 2.26. The molecule has 0 radical (unpaired) electrons. The molecule has 6 nitrogen and oxygen atoms in total. The van der Waals surface area contributed by atoms with Crippen LogP contribution in [0.25, 0.3) is 0 Å². The predicted molar refractivity (Wildman–Crippen MR) is 103 cm³/mol. The Kier molecular flexibility index (Phi) is 7.06. The maximum Gasteiger partial charge on any atom is 0.319 e. The van der Waals surface area contributed by atoms with Gasteiger partial charge in [0.05, 0.1) is 12.6 Å². The van der Waals surface area contributed by atoms with Crippen LogP contribution in [0.2, 0.25) is 0 Å². The number of rotatable bonds is 8. The molecule has 26 heavy (non-hydrogen) atoms. The fraction of sp³-hybridized carbons (Fsp3) is 0.500. The molecule has 2 amide bonds. The maximum absolute atomic E-state index is 12.6. The molecular formula is C20H29N3O3. The number of nitrogens with zero attached hydrogens (tertiary/aromatic N) is 1. The van der Waals surface area contributed by atoms with Gasteiger partial charge in [0.25, 0.3) is 0 Å². The van der Waals surface area contributed by atoms with Gasteiger partial charge in [0, 0.05) is 25.5 Å². The molecule has 0 unspecified atom stereocenters. The van der Waals surface area contributed by atoms with E-state index in [0.717, 1.165) is 36.9 Å². The number of carbonyl (C=O) groups is 2. The first-order valence-electron chi connectivity index (χ1n) is 9.14. The molecule has 0 saturated carbocycles. The normalized spacial score (nSPS) is 19.5. The van der Waals surface area contributed by atoms with E-state index in [4.69, 9.17) is 4.74 Å². The molecule has 1 aromatic carbocycles. The highest BCUT2D eigenvalue weighted by Gasteiger charge is 2.38. The molecule has 0 aromatic heterocycles. The van der Waals surface area contributed by atoms with Gasteiger partial charge >= 0.3 is 12.0 Å². The fourth-order valence-corrected chi connectivity index (χ4v) is 3.01. The van der Waals surface area contributed by atoms with Crippen LogP contribution >= 0.6 is 0 Å². The number of hydrogen-bond acceptors (Lipinski definition) is 4. The zero-order valence-corrected chi connectivity index (χ0v) is 15.9. The minimum atomic E-state index is -0.649. The van der Waals surface area contributed by atoms with Crippen LogP contribution in [0.4, 0.5) is 10.5 Å². The number of amides is 2. The second kappa shape index (κ2) is 9.27. The average molecular weight is 359 g/mol. The lowest BCUT2D eigenvalue weighted by Crippen LogP contribution is -2.51. The van der Waals surface area contributed by atoms with Crippen molar-refractivity contribution in [3.05, 3.63) is 42.1 Å². The number of hydrogen-bond donors (Lipinski definition) is 2. The highest BCUT2D eigenvalue weighted by molar-refractivity contribution is 5.85. The lowest BCUT2D eigenvalue weighted by Gasteiger charge is -2.33. The number of unbranched alkanes of at least 4 members (excludes halogenated alkanes) is 3. The molecule has 0 bridgehead atoms. The van der Waals surface area contributed by atoms with E-state index >= 15 is 0 Å². The highest BCUT2D eigenvalue weighted by atomic mass is 16.5. The smallest absolute Gasteiger partial charge is 0.319 e. The van der Waals surface area contributed by atoms with E-state index in [-0.39, 0.29) is 12.0 Å². The van der Waals surface area contributed by atoms with E-state index in [0.29, 0.717) is 12.3 Å². The molecule has 0 aliphatic carbocycles. The quantitative estimate of drug-likeness (QED) is 0.551. The molecule has 142 valence electrons. The van der Waals surface area contributed by atoms with Crippen molar-refractivity contribution in [1.29, 1.82) is 0 Å². The van der Waals surface area contributed by atoms with Crippen molar-refractivity contribution < 1.29 is 14.3 Å². The molecule has 6 heteroatoms. The second-order valence-corrected chi connectivity index (χ2v) is 6.79. The molecule has 0 spiro atoms. The summed E-state index contributed by atoms with van der Waals surface area (Å²) in [6.07, 6.45) is 4.15. The van der Waals surface area contributed by atoms with Gasteiger partial charge in [-0.05, 0) is 24.1 Å². The van der Waals surface area contributed by atoms with Gasteiger partial charge in [-0.1, -0.05) is 44.9 Å². The second-order valence-electron chi connectivity index (χ2n) is 6.79. The Bertz CT molecular complexity index is 640. The number of ether oxygens (including phenoxy) is 1. The molecule has 2 atom stereocenters. The van der Waals surface area contributed by atoms with Crippen molar-refractivity contribution in [2.45, 2.75) is 38.6 Å². The molecule has 1 saturated heterocycles. The number of esters is 1. The van der Waals surface area contributed by atoms with Gasteiger partial charge in [0.15, 0.2) is 0 Å². The van der Waals surface area contributed by atoms with Crippen LogP contribution in [0.15, 0.2) is 36.5 Å². The van der Waals surface area contributed by atoms with E-state index < -0.39 is 12.0 Å². The zero-order chi connectivity index (χ0) is 19.1.